The Kier molecular flexibility index (Phi) is 13.7. The van der Waals surface area contributed by atoms with Gasteiger partial charge in [-0.3, -0.25) is 0 Å². The molecule has 4 fully saturated rings. The van der Waals surface area contributed by atoms with Gasteiger partial charge in [-0.1, -0.05) is 224 Å². The molecule has 0 saturated heterocycles. The smallest absolute Gasteiger partial charge is 0.135 e. The molecule has 0 unspecified atom stereocenters. The summed E-state index contributed by atoms with van der Waals surface area (Å²) < 4.78 is 9.66. The first-order valence-electron chi connectivity index (χ1n) is 30.8. The fourth-order valence-electron chi connectivity index (χ4n) is 16.3. The van der Waals surface area contributed by atoms with Crippen molar-refractivity contribution in [2.45, 2.75) is 37.5 Å². The molecule has 0 atom stereocenters. The second kappa shape index (κ2) is 22.3. The van der Waals surface area contributed by atoms with E-state index >= 15 is 0 Å². The second-order valence-electron chi connectivity index (χ2n) is 24.3. The minimum atomic E-state index is -0.0685. The summed E-state index contributed by atoms with van der Waals surface area (Å²) in [7, 11) is 0. The molecular weight excluding hydrogens is 1250 g/mol. The van der Waals surface area contributed by atoms with Crippen LogP contribution in [0.15, 0.2) is 279 Å². The standard InChI is InChI=1S/C82H61N4O.Pt/c1-6-22-57(23-7-1)69-33-20-34-70(58-24-8-2-9-25-58)80(69)61-49-66(84-54-85(77-39-19-18-38-76(77)84)81-71(59-26-10-3-11-27-59)35-21-36-72(81)60-28-12-4-13-29-60)52-68(50-61)87-67-40-41-74-73-32-16-17-37-75(73)86(78(74)53-67)79-51-63(42-43-83-79)82(62-30-14-5-15-31-62)64-45-55-44-56(47-64)48-65(82)46-55;/h1-43,49-51,54-56,64-65H,44-48H2;/q-3;. The van der Waals surface area contributed by atoms with Crippen molar-refractivity contribution < 1.29 is 25.8 Å². The molecule has 6 heteroatoms. The maximum atomic E-state index is 7.34. The van der Waals surface area contributed by atoms with Gasteiger partial charge in [-0.05, 0) is 142 Å². The SMILES string of the molecule is [Pt].[c-]1c(Oc2[c-]c3c(cc2)c2ccccc2n3-c2cc(C3(c4ccccc4)C4CC5CC(C4)CC3C5)ccn2)cc(-c2c(-c3ccccc3)cccc2-c2ccccc2)cc1N1[CH-]N(c2c(-c3ccccc3)cccc2-c2ccccc2)c2ccccc21. The molecule has 0 spiro atoms. The molecule has 428 valence electrons. The third-order valence-electron chi connectivity index (χ3n) is 19.6. The van der Waals surface area contributed by atoms with Gasteiger partial charge in [-0.15, -0.1) is 53.6 Å². The van der Waals surface area contributed by atoms with E-state index in [0.717, 1.165) is 118 Å². The van der Waals surface area contributed by atoms with Gasteiger partial charge in [0.1, 0.15) is 5.82 Å². The van der Waals surface area contributed by atoms with E-state index < -0.39 is 0 Å². The molecule has 2 aromatic heterocycles. The second-order valence-corrected chi connectivity index (χ2v) is 24.3. The fraction of sp³-hybridized carbons (Fsp3) is 0.122. The van der Waals surface area contributed by atoms with Crippen LogP contribution in [0, 0.1) is 42.5 Å². The van der Waals surface area contributed by atoms with Crippen LogP contribution >= 0.6 is 0 Å². The van der Waals surface area contributed by atoms with E-state index in [9.17, 15) is 0 Å². The summed E-state index contributed by atoms with van der Waals surface area (Å²) in [6, 6.07) is 106. The van der Waals surface area contributed by atoms with Crippen LogP contribution in [-0.4, -0.2) is 9.55 Å². The average Bonchev–Trinajstić information content (AvgIpc) is 0.822. The Balaban J connectivity index is 0.00000624. The third kappa shape index (κ3) is 9.04. The molecule has 5 aliphatic rings. The van der Waals surface area contributed by atoms with E-state index in [1.807, 2.05) is 0 Å². The largest absolute Gasteiger partial charge is 0.509 e. The van der Waals surface area contributed by atoms with Crippen LogP contribution in [0.4, 0.5) is 22.7 Å². The van der Waals surface area contributed by atoms with Crippen molar-refractivity contribution in [3.05, 3.63) is 309 Å². The summed E-state index contributed by atoms with van der Waals surface area (Å²) in [6.45, 7) is 2.24. The number of aromatic nitrogens is 2. The molecule has 4 bridgehead atoms. The Morgan fingerprint density at radius 1 is 0.420 bits per heavy atom. The zero-order valence-corrected chi connectivity index (χ0v) is 50.8. The van der Waals surface area contributed by atoms with Gasteiger partial charge in [0.2, 0.25) is 0 Å². The van der Waals surface area contributed by atoms with Gasteiger partial charge in [0.25, 0.3) is 0 Å². The van der Waals surface area contributed by atoms with Crippen molar-refractivity contribution in [2.24, 2.45) is 23.7 Å². The summed E-state index contributed by atoms with van der Waals surface area (Å²) in [5, 5.41) is 2.24. The molecule has 88 heavy (non-hydrogen) atoms. The number of para-hydroxylation sites is 4. The molecule has 0 N–H and O–H groups in total. The predicted octanol–water partition coefficient (Wildman–Crippen LogP) is 21.1. The molecule has 4 saturated carbocycles. The average molecular weight is 1310 g/mol. The summed E-state index contributed by atoms with van der Waals surface area (Å²) in [6.07, 6.45) is 8.67. The van der Waals surface area contributed by atoms with Gasteiger partial charge in [0.15, 0.2) is 0 Å². The Bertz CT molecular complexity index is 4580. The number of nitrogens with zero attached hydrogens (tertiary/aromatic N) is 4. The molecule has 4 aliphatic carbocycles. The maximum absolute atomic E-state index is 7.34. The van der Waals surface area contributed by atoms with Crippen molar-refractivity contribution in [1.29, 1.82) is 0 Å². The van der Waals surface area contributed by atoms with Crippen LogP contribution in [0.25, 0.3) is 83.3 Å². The van der Waals surface area contributed by atoms with Gasteiger partial charge in [-0.25, -0.2) is 4.98 Å². The van der Waals surface area contributed by atoms with Crippen molar-refractivity contribution in [3.63, 3.8) is 0 Å². The minimum Gasteiger partial charge on any atom is -0.509 e. The van der Waals surface area contributed by atoms with Crippen LogP contribution in [0.1, 0.15) is 43.2 Å². The maximum Gasteiger partial charge on any atom is 0.135 e. The molecule has 5 nitrogen and oxygen atoms in total. The molecule has 13 aromatic rings. The molecule has 18 rings (SSSR count). The number of hydrogen-bond donors (Lipinski definition) is 0. The minimum absolute atomic E-state index is 0. The number of fused-ring (bicyclic) bond motifs is 4. The first kappa shape index (κ1) is 53.9. The summed E-state index contributed by atoms with van der Waals surface area (Å²) in [5.41, 5.74) is 19.9. The van der Waals surface area contributed by atoms with Crippen molar-refractivity contribution in [2.75, 3.05) is 9.80 Å². The molecule has 0 radical (unpaired) electrons. The van der Waals surface area contributed by atoms with E-state index in [0.29, 0.717) is 23.3 Å². The Labute approximate surface area is 529 Å². The zero-order chi connectivity index (χ0) is 57.4. The van der Waals surface area contributed by atoms with Crippen LogP contribution in [0.2, 0.25) is 0 Å². The predicted molar refractivity (Wildman–Crippen MR) is 356 cm³/mol. The molecule has 0 amide bonds. The van der Waals surface area contributed by atoms with E-state index in [2.05, 4.69) is 312 Å². The van der Waals surface area contributed by atoms with Gasteiger partial charge in [0, 0.05) is 77.9 Å². The molecule has 1 aliphatic heterocycles. The summed E-state index contributed by atoms with van der Waals surface area (Å²) in [4.78, 5) is 9.92. The van der Waals surface area contributed by atoms with Crippen molar-refractivity contribution in [1.82, 2.24) is 9.55 Å². The Morgan fingerprint density at radius 3 is 1.55 bits per heavy atom. The van der Waals surface area contributed by atoms with E-state index in [-0.39, 0.29) is 26.5 Å². The topological polar surface area (TPSA) is 33.5 Å². The zero-order valence-electron chi connectivity index (χ0n) is 48.5. The van der Waals surface area contributed by atoms with Gasteiger partial charge in [-0.2, -0.15) is 6.07 Å². The van der Waals surface area contributed by atoms with Crippen LogP contribution < -0.4 is 14.5 Å². The van der Waals surface area contributed by atoms with Crippen molar-refractivity contribution >= 4 is 44.6 Å². The van der Waals surface area contributed by atoms with E-state index in [1.54, 1.807) is 0 Å². The Morgan fingerprint density at radius 2 is 0.943 bits per heavy atom. The fourth-order valence-corrected chi connectivity index (χ4v) is 16.3. The number of rotatable bonds is 12. The van der Waals surface area contributed by atoms with Gasteiger partial charge >= 0.3 is 0 Å². The van der Waals surface area contributed by atoms with Gasteiger partial charge in [0.05, 0.1) is 0 Å². The van der Waals surface area contributed by atoms with Crippen LogP contribution in [0.3, 0.4) is 0 Å². The normalized spacial score (nSPS) is 19.0. The quantitative estimate of drug-likeness (QED) is 0.114. The van der Waals surface area contributed by atoms with E-state index in [4.69, 9.17) is 9.72 Å². The third-order valence-corrected chi connectivity index (χ3v) is 19.6. The first-order chi connectivity index (χ1) is 43.1. The molecule has 11 aromatic carbocycles. The number of pyridine rings is 1. The van der Waals surface area contributed by atoms with Crippen LogP contribution in [0.5, 0.6) is 11.5 Å². The first-order valence-corrected chi connectivity index (χ1v) is 30.8. The molecular formula is C82H61N4OPt-3. The van der Waals surface area contributed by atoms with Gasteiger partial charge < -0.3 is 19.1 Å². The van der Waals surface area contributed by atoms with Crippen LogP contribution in [-0.2, 0) is 26.5 Å². The summed E-state index contributed by atoms with van der Waals surface area (Å²) >= 11 is 0. The number of hydrogen-bond acceptors (Lipinski definition) is 4. The monoisotopic (exact) mass is 1310 g/mol. The number of benzene rings is 11. The number of anilines is 4. The van der Waals surface area contributed by atoms with E-state index in [1.165, 1.54) is 43.2 Å². The van der Waals surface area contributed by atoms with Crippen molar-refractivity contribution in [3.8, 4) is 73.0 Å². The molecule has 3 heterocycles. The summed E-state index contributed by atoms with van der Waals surface area (Å²) in [5.74, 6) is 4.92. The number of ether oxygens (including phenoxy) is 1. The Hall–Kier alpha value is -9.54.